The van der Waals surface area contributed by atoms with E-state index >= 15 is 0 Å². The Kier molecular flexibility index (Phi) is 7.95. The van der Waals surface area contributed by atoms with Crippen molar-refractivity contribution in [3.63, 3.8) is 0 Å². The molecule has 0 saturated carbocycles. The second kappa shape index (κ2) is 8.33. The molecular formula is C13H22IN3. The van der Waals surface area contributed by atoms with Gasteiger partial charge in [-0.3, -0.25) is 4.99 Å². The van der Waals surface area contributed by atoms with Crippen LogP contribution in [0.3, 0.4) is 0 Å². The monoisotopic (exact) mass is 347 g/mol. The van der Waals surface area contributed by atoms with Crippen molar-refractivity contribution < 1.29 is 0 Å². The normalized spacial score (nSPS) is 11.2. The number of benzene rings is 1. The molecule has 3 nitrogen and oxygen atoms in total. The van der Waals surface area contributed by atoms with E-state index < -0.39 is 0 Å². The number of rotatable bonds is 4. The molecular weight excluding hydrogens is 325 g/mol. The summed E-state index contributed by atoms with van der Waals surface area (Å²) in [6.45, 7) is 7.19. The highest BCUT2D eigenvalue weighted by atomic mass is 127. The molecule has 0 aliphatic carbocycles. The highest BCUT2D eigenvalue weighted by molar-refractivity contribution is 14.0. The number of hydrogen-bond acceptors (Lipinski definition) is 1. The number of guanidine groups is 1. The number of anilines is 1. The topological polar surface area (TPSA) is 50.4 Å². The SMILES string of the molecule is CCCN=C(N)Nc1cccc(C(C)C)c1.I. The van der Waals surface area contributed by atoms with Crippen molar-refractivity contribution in [2.45, 2.75) is 33.1 Å². The molecule has 0 fully saturated rings. The Morgan fingerprint density at radius 2 is 2.12 bits per heavy atom. The molecule has 0 aliphatic rings. The Labute approximate surface area is 121 Å². The molecule has 4 heteroatoms. The van der Waals surface area contributed by atoms with Crippen molar-refractivity contribution in [2.75, 3.05) is 11.9 Å². The molecule has 96 valence electrons. The van der Waals surface area contributed by atoms with Crippen LogP contribution < -0.4 is 11.1 Å². The predicted molar refractivity (Wildman–Crippen MR) is 86.3 cm³/mol. The smallest absolute Gasteiger partial charge is 0.193 e. The van der Waals surface area contributed by atoms with E-state index in [1.807, 2.05) is 12.1 Å². The third kappa shape index (κ3) is 5.91. The van der Waals surface area contributed by atoms with Gasteiger partial charge in [-0.15, -0.1) is 24.0 Å². The molecule has 0 radical (unpaired) electrons. The summed E-state index contributed by atoms with van der Waals surface area (Å²) in [6, 6.07) is 8.26. The van der Waals surface area contributed by atoms with Crippen molar-refractivity contribution in [1.29, 1.82) is 0 Å². The van der Waals surface area contributed by atoms with Gasteiger partial charge in [-0.05, 0) is 30.0 Å². The van der Waals surface area contributed by atoms with Crippen LogP contribution in [-0.2, 0) is 0 Å². The van der Waals surface area contributed by atoms with Crippen molar-refractivity contribution in [1.82, 2.24) is 0 Å². The highest BCUT2D eigenvalue weighted by Crippen LogP contribution is 2.18. The van der Waals surface area contributed by atoms with Gasteiger partial charge in [0.1, 0.15) is 0 Å². The molecule has 1 aromatic carbocycles. The van der Waals surface area contributed by atoms with Crippen molar-refractivity contribution in [3.05, 3.63) is 29.8 Å². The zero-order valence-electron chi connectivity index (χ0n) is 10.7. The quantitative estimate of drug-likeness (QED) is 0.497. The molecule has 0 heterocycles. The van der Waals surface area contributed by atoms with Gasteiger partial charge in [0, 0.05) is 12.2 Å². The summed E-state index contributed by atoms with van der Waals surface area (Å²) in [7, 11) is 0. The van der Waals surface area contributed by atoms with Crippen molar-refractivity contribution in [2.24, 2.45) is 10.7 Å². The summed E-state index contributed by atoms with van der Waals surface area (Å²) in [4.78, 5) is 4.20. The number of nitrogens with two attached hydrogens (primary N) is 1. The van der Waals surface area contributed by atoms with Crippen LogP contribution in [0.4, 0.5) is 5.69 Å². The minimum Gasteiger partial charge on any atom is -0.370 e. The third-order valence-corrected chi connectivity index (χ3v) is 2.33. The summed E-state index contributed by atoms with van der Waals surface area (Å²) >= 11 is 0. The first kappa shape index (κ1) is 16.2. The lowest BCUT2D eigenvalue weighted by atomic mass is 10.0. The molecule has 1 aromatic rings. The fourth-order valence-electron chi connectivity index (χ4n) is 1.40. The minimum atomic E-state index is 0. The van der Waals surface area contributed by atoms with Crippen molar-refractivity contribution >= 4 is 35.6 Å². The van der Waals surface area contributed by atoms with Crippen molar-refractivity contribution in [3.8, 4) is 0 Å². The third-order valence-electron chi connectivity index (χ3n) is 2.33. The van der Waals surface area contributed by atoms with Gasteiger partial charge in [0.2, 0.25) is 0 Å². The molecule has 0 spiro atoms. The maximum Gasteiger partial charge on any atom is 0.193 e. The van der Waals surface area contributed by atoms with Crippen LogP contribution in [0.1, 0.15) is 38.7 Å². The molecule has 1 rings (SSSR count). The Morgan fingerprint density at radius 3 is 2.71 bits per heavy atom. The lowest BCUT2D eigenvalue weighted by Crippen LogP contribution is -2.22. The van der Waals surface area contributed by atoms with Crippen LogP contribution in [0.5, 0.6) is 0 Å². The highest BCUT2D eigenvalue weighted by Gasteiger charge is 2.00. The van der Waals surface area contributed by atoms with E-state index in [-0.39, 0.29) is 24.0 Å². The molecule has 17 heavy (non-hydrogen) atoms. The average molecular weight is 347 g/mol. The van der Waals surface area contributed by atoms with Gasteiger partial charge in [0.05, 0.1) is 0 Å². The van der Waals surface area contributed by atoms with Crippen LogP contribution in [0.2, 0.25) is 0 Å². The first-order valence-electron chi connectivity index (χ1n) is 5.80. The first-order chi connectivity index (χ1) is 7.63. The molecule has 0 atom stereocenters. The summed E-state index contributed by atoms with van der Waals surface area (Å²) in [5.74, 6) is 1.01. The first-order valence-corrected chi connectivity index (χ1v) is 5.80. The fraction of sp³-hybridized carbons (Fsp3) is 0.462. The minimum absolute atomic E-state index is 0. The molecule has 0 aromatic heterocycles. The summed E-state index contributed by atoms with van der Waals surface area (Å²) < 4.78 is 0. The van der Waals surface area contributed by atoms with Gasteiger partial charge in [-0.1, -0.05) is 32.9 Å². The summed E-state index contributed by atoms with van der Waals surface area (Å²) in [5.41, 5.74) is 8.06. The molecule has 0 aliphatic heterocycles. The molecule has 3 N–H and O–H groups in total. The number of halogens is 1. The lowest BCUT2D eigenvalue weighted by Gasteiger charge is -2.09. The summed E-state index contributed by atoms with van der Waals surface area (Å²) in [6.07, 6.45) is 1.01. The van der Waals surface area contributed by atoms with E-state index in [2.05, 4.69) is 43.2 Å². The predicted octanol–water partition coefficient (Wildman–Crippen LogP) is 3.56. The maximum absolute atomic E-state index is 5.76. The van der Waals surface area contributed by atoms with Gasteiger partial charge < -0.3 is 11.1 Å². The summed E-state index contributed by atoms with van der Waals surface area (Å²) in [5, 5.41) is 3.10. The number of aliphatic imine (C=N–C) groups is 1. The zero-order valence-corrected chi connectivity index (χ0v) is 13.1. The second-order valence-electron chi connectivity index (χ2n) is 4.17. The molecule has 0 amide bonds. The van der Waals surface area contributed by atoms with Crippen LogP contribution in [0.25, 0.3) is 0 Å². The number of nitrogens with zero attached hydrogens (tertiary/aromatic N) is 1. The largest absolute Gasteiger partial charge is 0.370 e. The number of nitrogens with one attached hydrogen (secondary N) is 1. The Hall–Kier alpha value is -0.780. The standard InChI is InChI=1S/C13H21N3.HI/c1-4-8-15-13(14)16-12-7-5-6-11(9-12)10(2)3;/h5-7,9-10H,4,8H2,1-3H3,(H3,14,15,16);1H. The average Bonchev–Trinajstić information content (AvgIpc) is 2.26. The fourth-order valence-corrected chi connectivity index (χ4v) is 1.40. The second-order valence-corrected chi connectivity index (χ2v) is 4.17. The van der Waals surface area contributed by atoms with E-state index in [1.54, 1.807) is 0 Å². The Balaban J connectivity index is 0.00000256. The van der Waals surface area contributed by atoms with E-state index in [9.17, 15) is 0 Å². The van der Waals surface area contributed by atoms with Crippen LogP contribution in [0.15, 0.2) is 29.3 Å². The van der Waals surface area contributed by atoms with Crippen LogP contribution in [-0.4, -0.2) is 12.5 Å². The Bertz CT molecular complexity index is 361. The zero-order chi connectivity index (χ0) is 12.0. The van der Waals surface area contributed by atoms with Gasteiger partial charge in [-0.2, -0.15) is 0 Å². The van der Waals surface area contributed by atoms with E-state index in [4.69, 9.17) is 5.73 Å². The van der Waals surface area contributed by atoms with Gasteiger partial charge in [0.15, 0.2) is 5.96 Å². The van der Waals surface area contributed by atoms with E-state index in [0.29, 0.717) is 11.9 Å². The number of hydrogen-bond donors (Lipinski definition) is 2. The maximum atomic E-state index is 5.76. The molecule has 0 saturated heterocycles. The van der Waals surface area contributed by atoms with Gasteiger partial charge in [-0.25, -0.2) is 0 Å². The molecule has 0 unspecified atom stereocenters. The van der Waals surface area contributed by atoms with Gasteiger partial charge in [0.25, 0.3) is 0 Å². The van der Waals surface area contributed by atoms with E-state index in [1.165, 1.54) is 5.56 Å². The van der Waals surface area contributed by atoms with Gasteiger partial charge >= 0.3 is 0 Å². The van der Waals surface area contributed by atoms with Crippen LogP contribution >= 0.6 is 24.0 Å². The van der Waals surface area contributed by atoms with Crippen LogP contribution in [0, 0.1) is 0 Å². The molecule has 0 bridgehead atoms. The Morgan fingerprint density at radius 1 is 1.41 bits per heavy atom. The van der Waals surface area contributed by atoms with E-state index in [0.717, 1.165) is 18.7 Å². The lowest BCUT2D eigenvalue weighted by molar-refractivity contribution is 0.867.